The third kappa shape index (κ3) is 4.47. The van der Waals surface area contributed by atoms with Crippen molar-refractivity contribution in [3.05, 3.63) is 34.9 Å². The van der Waals surface area contributed by atoms with Gasteiger partial charge in [0.25, 0.3) is 0 Å². The van der Waals surface area contributed by atoms with Gasteiger partial charge in [-0.1, -0.05) is 56.5 Å². The molecule has 0 bridgehead atoms. The lowest BCUT2D eigenvalue weighted by Crippen LogP contribution is -2.46. The van der Waals surface area contributed by atoms with Crippen molar-refractivity contribution in [1.29, 1.82) is 0 Å². The van der Waals surface area contributed by atoms with E-state index >= 15 is 0 Å². The van der Waals surface area contributed by atoms with Gasteiger partial charge in [0.15, 0.2) is 0 Å². The Hall–Kier alpha value is -1.06. The molecule has 1 amide bonds. The molecule has 0 aromatic heterocycles. The molecule has 1 aliphatic carbocycles. The minimum absolute atomic E-state index is 0.0575. The maximum atomic E-state index is 12.2. The third-order valence-electron chi connectivity index (χ3n) is 4.99. The van der Waals surface area contributed by atoms with E-state index in [4.69, 9.17) is 11.6 Å². The van der Waals surface area contributed by atoms with Crippen molar-refractivity contribution in [3.63, 3.8) is 0 Å². The number of nitrogens with one attached hydrogen (secondary N) is 2. The lowest BCUT2D eigenvalue weighted by molar-refractivity contribution is -0.121. The second kappa shape index (κ2) is 7.98. The Kier molecular flexibility index (Phi) is 6.27. The second-order valence-electron chi connectivity index (χ2n) is 6.57. The Bertz CT molecular complexity index is 506. The Morgan fingerprint density at radius 1 is 1.32 bits per heavy atom. The molecule has 1 aliphatic rings. The van der Waals surface area contributed by atoms with Gasteiger partial charge < -0.3 is 10.6 Å². The van der Waals surface area contributed by atoms with E-state index in [0.717, 1.165) is 17.0 Å². The van der Waals surface area contributed by atoms with Gasteiger partial charge in [0, 0.05) is 17.1 Å². The van der Waals surface area contributed by atoms with Gasteiger partial charge in [-0.15, -0.1) is 0 Å². The first kappa shape index (κ1) is 17.3. The highest BCUT2D eigenvalue weighted by Gasteiger charge is 2.28. The normalized spacial score (nSPS) is 26.5. The molecule has 3 nitrogen and oxygen atoms in total. The van der Waals surface area contributed by atoms with E-state index in [2.05, 4.69) is 24.5 Å². The Morgan fingerprint density at radius 3 is 2.77 bits per heavy atom. The molecule has 1 aromatic rings. The van der Waals surface area contributed by atoms with Gasteiger partial charge >= 0.3 is 0 Å². The standard InChI is InChI=1S/C18H27ClN2O/c1-12-7-6-10-17(13(12)2)21-18(22)11-20-14(3)15-8-4-5-9-16(15)19/h4-5,8-9,12-14,17,20H,6-7,10-11H2,1-3H3,(H,21,22)/t12-,13-,14+,17+/m1/s1. The number of hydrogen-bond acceptors (Lipinski definition) is 2. The van der Waals surface area contributed by atoms with Crippen molar-refractivity contribution in [1.82, 2.24) is 10.6 Å². The van der Waals surface area contributed by atoms with Crippen molar-refractivity contribution >= 4 is 17.5 Å². The van der Waals surface area contributed by atoms with Gasteiger partial charge in [-0.3, -0.25) is 4.79 Å². The molecule has 1 aromatic carbocycles. The molecule has 0 unspecified atom stereocenters. The van der Waals surface area contributed by atoms with E-state index in [0.29, 0.717) is 24.4 Å². The van der Waals surface area contributed by atoms with Gasteiger partial charge in [0.1, 0.15) is 0 Å². The number of amides is 1. The van der Waals surface area contributed by atoms with Gasteiger partial charge in [-0.2, -0.15) is 0 Å². The fourth-order valence-corrected chi connectivity index (χ4v) is 3.52. The summed E-state index contributed by atoms with van der Waals surface area (Å²) in [6.45, 7) is 6.87. The van der Waals surface area contributed by atoms with Crippen molar-refractivity contribution in [2.45, 2.75) is 52.1 Å². The van der Waals surface area contributed by atoms with Gasteiger partial charge in [0.2, 0.25) is 5.91 Å². The van der Waals surface area contributed by atoms with Crippen LogP contribution >= 0.6 is 11.6 Å². The molecule has 0 spiro atoms. The van der Waals surface area contributed by atoms with Crippen molar-refractivity contribution in [3.8, 4) is 0 Å². The molecule has 4 heteroatoms. The average Bonchev–Trinajstić information content (AvgIpc) is 2.50. The molecular formula is C18H27ClN2O. The van der Waals surface area contributed by atoms with Crippen LogP contribution in [-0.2, 0) is 4.79 Å². The maximum absolute atomic E-state index is 12.2. The monoisotopic (exact) mass is 322 g/mol. The van der Waals surface area contributed by atoms with Gasteiger partial charge in [0.05, 0.1) is 6.54 Å². The Morgan fingerprint density at radius 2 is 2.05 bits per heavy atom. The molecule has 0 radical (unpaired) electrons. The van der Waals surface area contributed by atoms with Crippen molar-refractivity contribution < 1.29 is 4.79 Å². The summed E-state index contributed by atoms with van der Waals surface area (Å²) in [7, 11) is 0. The van der Waals surface area contributed by atoms with Crippen LogP contribution in [0.1, 0.15) is 51.6 Å². The highest BCUT2D eigenvalue weighted by Crippen LogP contribution is 2.29. The van der Waals surface area contributed by atoms with E-state index in [9.17, 15) is 4.79 Å². The summed E-state index contributed by atoms with van der Waals surface area (Å²) >= 11 is 6.18. The number of halogens is 1. The van der Waals surface area contributed by atoms with Crippen LogP contribution in [0.2, 0.25) is 5.02 Å². The number of carbonyl (C=O) groups excluding carboxylic acids is 1. The largest absolute Gasteiger partial charge is 0.352 e. The van der Waals surface area contributed by atoms with Crippen LogP contribution in [0.5, 0.6) is 0 Å². The molecule has 4 atom stereocenters. The summed E-state index contributed by atoms with van der Waals surface area (Å²) in [5, 5.41) is 7.18. The first-order valence-corrected chi connectivity index (χ1v) is 8.64. The first-order chi connectivity index (χ1) is 10.5. The van der Waals surface area contributed by atoms with E-state index in [1.54, 1.807) is 0 Å². The molecule has 1 fully saturated rings. The number of benzene rings is 1. The lowest BCUT2D eigenvalue weighted by Gasteiger charge is -2.34. The number of carbonyl (C=O) groups is 1. The zero-order valence-corrected chi connectivity index (χ0v) is 14.5. The summed E-state index contributed by atoms with van der Waals surface area (Å²) in [5.74, 6) is 1.32. The van der Waals surface area contributed by atoms with Crippen LogP contribution in [0.25, 0.3) is 0 Å². The second-order valence-corrected chi connectivity index (χ2v) is 6.97. The molecule has 22 heavy (non-hydrogen) atoms. The molecule has 1 saturated carbocycles. The number of rotatable bonds is 5. The Balaban J connectivity index is 1.81. The van der Waals surface area contributed by atoms with Crippen LogP contribution in [0.15, 0.2) is 24.3 Å². The third-order valence-corrected chi connectivity index (χ3v) is 5.34. The van der Waals surface area contributed by atoms with Crippen LogP contribution in [0.3, 0.4) is 0 Å². The molecule has 0 saturated heterocycles. The lowest BCUT2D eigenvalue weighted by atomic mass is 9.78. The van der Waals surface area contributed by atoms with E-state index in [1.165, 1.54) is 12.8 Å². The van der Waals surface area contributed by atoms with Crippen LogP contribution in [0.4, 0.5) is 0 Å². The van der Waals surface area contributed by atoms with Crippen LogP contribution in [-0.4, -0.2) is 18.5 Å². The highest BCUT2D eigenvalue weighted by atomic mass is 35.5. The zero-order chi connectivity index (χ0) is 16.1. The summed E-state index contributed by atoms with van der Waals surface area (Å²) in [5.41, 5.74) is 1.02. The van der Waals surface area contributed by atoms with Crippen LogP contribution in [0, 0.1) is 11.8 Å². The fourth-order valence-electron chi connectivity index (χ4n) is 3.23. The number of hydrogen-bond donors (Lipinski definition) is 2. The minimum atomic E-state index is 0.0575. The molecule has 2 rings (SSSR count). The topological polar surface area (TPSA) is 41.1 Å². The predicted molar refractivity (Wildman–Crippen MR) is 92.0 cm³/mol. The quantitative estimate of drug-likeness (QED) is 0.862. The van der Waals surface area contributed by atoms with Crippen molar-refractivity contribution in [2.75, 3.05) is 6.54 Å². The summed E-state index contributed by atoms with van der Waals surface area (Å²) < 4.78 is 0. The molecule has 0 heterocycles. The summed E-state index contributed by atoms with van der Waals surface area (Å²) in [4.78, 5) is 12.2. The molecular weight excluding hydrogens is 296 g/mol. The van der Waals surface area contributed by atoms with E-state index < -0.39 is 0 Å². The summed E-state index contributed by atoms with van der Waals surface area (Å²) in [6, 6.07) is 8.11. The predicted octanol–water partition coefficient (Wildman–Crippen LogP) is 3.93. The Labute approximate surface area is 138 Å². The highest BCUT2D eigenvalue weighted by molar-refractivity contribution is 6.31. The van der Waals surface area contributed by atoms with Gasteiger partial charge in [-0.05, 0) is 36.8 Å². The van der Waals surface area contributed by atoms with Crippen LogP contribution < -0.4 is 10.6 Å². The smallest absolute Gasteiger partial charge is 0.234 e. The molecule has 122 valence electrons. The first-order valence-electron chi connectivity index (χ1n) is 8.26. The molecule has 0 aliphatic heterocycles. The maximum Gasteiger partial charge on any atom is 0.234 e. The average molecular weight is 323 g/mol. The summed E-state index contributed by atoms with van der Waals surface area (Å²) in [6.07, 6.45) is 3.58. The molecule has 2 N–H and O–H groups in total. The zero-order valence-electron chi connectivity index (χ0n) is 13.7. The SMILES string of the molecule is C[C@@H]1[C@H](C)CCC[C@@H]1NC(=O)CN[C@@H](C)c1ccccc1Cl. The van der Waals surface area contributed by atoms with E-state index in [-0.39, 0.29) is 11.9 Å². The minimum Gasteiger partial charge on any atom is -0.352 e. The van der Waals surface area contributed by atoms with Crippen molar-refractivity contribution in [2.24, 2.45) is 11.8 Å². The van der Waals surface area contributed by atoms with Gasteiger partial charge in [-0.25, -0.2) is 0 Å². The fraction of sp³-hybridized carbons (Fsp3) is 0.611. The van der Waals surface area contributed by atoms with E-state index in [1.807, 2.05) is 31.2 Å².